The van der Waals surface area contributed by atoms with E-state index in [1.165, 1.54) is 195 Å². The van der Waals surface area contributed by atoms with E-state index < -0.39 is 8.60 Å². The summed E-state index contributed by atoms with van der Waals surface area (Å²) in [4.78, 5) is 0. The van der Waals surface area contributed by atoms with Crippen LogP contribution in [0.4, 0.5) is 0 Å². The third-order valence-corrected chi connectivity index (χ3v) is 17.7. The lowest BCUT2D eigenvalue weighted by atomic mass is 9.69. The molecule has 4 saturated carbocycles. The fourth-order valence-corrected chi connectivity index (χ4v) is 14.1. The van der Waals surface area contributed by atoms with Crippen LogP contribution in [0, 0.1) is 33.8 Å². The van der Waals surface area contributed by atoms with Gasteiger partial charge in [-0.3, -0.25) is 0 Å². The smallest absolute Gasteiger partial charge is 0.408 e. The average Bonchev–Trinajstić information content (AvgIpc) is 3.23. The van der Waals surface area contributed by atoms with Gasteiger partial charge in [0.15, 0.2) is 0 Å². The van der Waals surface area contributed by atoms with Gasteiger partial charge in [-0.25, -0.2) is 0 Å². The van der Waals surface area contributed by atoms with Gasteiger partial charge in [-0.1, -0.05) is 176 Å². The van der Waals surface area contributed by atoms with Crippen LogP contribution in [0.1, 0.15) is 223 Å². The van der Waals surface area contributed by atoms with Crippen LogP contribution in [0.25, 0.3) is 0 Å². The molecule has 0 atom stereocenters. The summed E-state index contributed by atoms with van der Waals surface area (Å²) in [6, 6.07) is 23.4. The molecule has 4 aromatic carbocycles. The first-order valence-electron chi connectivity index (χ1n) is 25.0. The minimum atomic E-state index is -1.90. The predicted molar refractivity (Wildman–Crippen MR) is 260 cm³/mol. The number of aryl methyl sites for hydroxylation is 4. The fourth-order valence-electron chi connectivity index (χ4n) is 12.9. The van der Waals surface area contributed by atoms with Gasteiger partial charge in [-0.05, 0) is 135 Å². The SMILES string of the molecule is Cc1cc(Cc2cc(C)cc(C3(C)CCCCC3)c2OP2Oc3c(cc(C)cc3C3(C)CCCCC3)Cc3cc(C)cc(C4(C)CCCCC4)c3O2)[c]c(C2(C)CCCCC2)c1. The maximum Gasteiger partial charge on any atom is 0.530 e. The molecule has 0 saturated heterocycles. The van der Waals surface area contributed by atoms with Crippen molar-refractivity contribution in [3.63, 3.8) is 0 Å². The lowest BCUT2D eigenvalue weighted by molar-refractivity contribution is 0.296. The summed E-state index contributed by atoms with van der Waals surface area (Å²) in [6.07, 6.45) is 26.6. The van der Waals surface area contributed by atoms with Crippen molar-refractivity contribution in [3.8, 4) is 17.2 Å². The molecular formula is C58H76O3P. The summed E-state index contributed by atoms with van der Waals surface area (Å²) in [6.45, 7) is 19.1. The van der Waals surface area contributed by atoms with Crippen molar-refractivity contribution in [3.05, 3.63) is 121 Å². The summed E-state index contributed by atoms with van der Waals surface area (Å²) in [5.74, 6) is 3.02. The first-order valence-corrected chi connectivity index (χ1v) is 26.1. The van der Waals surface area contributed by atoms with Crippen LogP contribution < -0.4 is 13.6 Å². The van der Waals surface area contributed by atoms with Crippen LogP contribution in [0.5, 0.6) is 17.2 Å². The Bertz CT molecular complexity index is 2180. The highest BCUT2D eigenvalue weighted by Gasteiger charge is 2.41. The Morgan fingerprint density at radius 1 is 0.484 bits per heavy atom. The van der Waals surface area contributed by atoms with Gasteiger partial charge in [0.1, 0.15) is 17.2 Å². The van der Waals surface area contributed by atoms with E-state index in [1.807, 2.05) is 0 Å². The van der Waals surface area contributed by atoms with E-state index in [0.717, 1.165) is 30.1 Å². The first-order chi connectivity index (χ1) is 29.7. The summed E-state index contributed by atoms with van der Waals surface area (Å²) in [5.41, 5.74) is 16.0. The Hall–Kier alpha value is -3.29. The van der Waals surface area contributed by atoms with Crippen LogP contribution in [0.15, 0.2) is 48.5 Å². The molecule has 4 heteroatoms. The Morgan fingerprint density at radius 2 is 0.887 bits per heavy atom. The fraction of sp³-hybridized carbons (Fsp3) is 0.586. The number of fused-ring (bicyclic) bond motifs is 2. The monoisotopic (exact) mass is 852 g/mol. The third-order valence-electron chi connectivity index (χ3n) is 16.7. The molecule has 0 amide bonds. The Morgan fingerprint density at radius 3 is 1.37 bits per heavy atom. The van der Waals surface area contributed by atoms with Gasteiger partial charge in [0.2, 0.25) is 0 Å². The normalized spacial score (nSPS) is 21.9. The Balaban J connectivity index is 1.21. The Kier molecular flexibility index (Phi) is 12.5. The number of hydrogen-bond acceptors (Lipinski definition) is 3. The van der Waals surface area contributed by atoms with Crippen LogP contribution in [0.3, 0.4) is 0 Å². The van der Waals surface area contributed by atoms with Crippen molar-refractivity contribution in [1.29, 1.82) is 0 Å². The molecule has 1 aliphatic heterocycles. The van der Waals surface area contributed by atoms with Crippen molar-refractivity contribution in [1.82, 2.24) is 0 Å². The third kappa shape index (κ3) is 8.89. The van der Waals surface area contributed by atoms with E-state index in [9.17, 15) is 0 Å². The van der Waals surface area contributed by atoms with Gasteiger partial charge >= 0.3 is 8.60 Å². The van der Waals surface area contributed by atoms with Crippen molar-refractivity contribution in [2.24, 2.45) is 0 Å². The van der Waals surface area contributed by atoms with E-state index in [1.54, 1.807) is 0 Å². The van der Waals surface area contributed by atoms with Crippen molar-refractivity contribution in [2.45, 2.75) is 218 Å². The summed E-state index contributed by atoms with van der Waals surface area (Å²) >= 11 is 0. The lowest BCUT2D eigenvalue weighted by Crippen LogP contribution is -2.28. The molecule has 0 N–H and O–H groups in total. The van der Waals surface area contributed by atoms with Gasteiger partial charge in [-0.2, -0.15) is 0 Å². The second-order valence-corrected chi connectivity index (χ2v) is 23.3. The molecule has 4 aliphatic carbocycles. The zero-order valence-corrected chi connectivity index (χ0v) is 40.7. The first kappa shape index (κ1) is 43.9. The van der Waals surface area contributed by atoms with Gasteiger partial charge < -0.3 is 13.6 Å². The van der Waals surface area contributed by atoms with Crippen molar-refractivity contribution >= 4 is 8.60 Å². The minimum Gasteiger partial charge on any atom is -0.408 e. The number of hydrogen-bond donors (Lipinski definition) is 0. The second-order valence-electron chi connectivity index (χ2n) is 22.3. The molecule has 4 fully saturated rings. The molecule has 5 aliphatic rings. The highest BCUT2D eigenvalue weighted by atomic mass is 31.2. The average molecular weight is 852 g/mol. The lowest BCUT2D eigenvalue weighted by Gasteiger charge is -2.39. The molecule has 0 aromatic heterocycles. The quantitative estimate of drug-likeness (QED) is 0.165. The van der Waals surface area contributed by atoms with E-state index in [0.29, 0.717) is 0 Å². The molecule has 0 spiro atoms. The maximum absolute atomic E-state index is 7.73. The standard InChI is InChI=1S/C58H76O3P/c1-40-29-44(38-48(33-40)55(5)21-13-9-14-22-55)37-45-30-41(2)34-49(56(6)23-15-10-16-24-56)52(45)59-62-60-53-46(31-42(3)35-50(53)57(7)25-17-11-18-26-57)39-47-32-43(4)36-51(54(47)61-62)58(8)27-19-12-20-28-58/h29-36H,9-28,37,39H2,1-8H3. The van der Waals surface area contributed by atoms with E-state index >= 15 is 0 Å². The molecule has 4 aromatic rings. The molecule has 9 rings (SSSR count). The number of benzene rings is 4. The molecule has 3 nitrogen and oxygen atoms in total. The van der Waals surface area contributed by atoms with Crippen molar-refractivity contribution in [2.75, 3.05) is 0 Å². The molecule has 331 valence electrons. The molecule has 0 bridgehead atoms. The number of rotatable bonds is 8. The van der Waals surface area contributed by atoms with Gasteiger partial charge in [0.05, 0.1) is 0 Å². The molecular weight excluding hydrogens is 776 g/mol. The Labute approximate surface area is 377 Å². The molecule has 0 unspecified atom stereocenters. The van der Waals surface area contributed by atoms with Crippen molar-refractivity contribution < 1.29 is 13.6 Å². The summed E-state index contributed by atoms with van der Waals surface area (Å²) in [5, 5.41) is 0. The summed E-state index contributed by atoms with van der Waals surface area (Å²) in [7, 11) is -1.90. The van der Waals surface area contributed by atoms with E-state index in [4.69, 9.17) is 13.6 Å². The highest BCUT2D eigenvalue weighted by molar-refractivity contribution is 7.43. The zero-order valence-electron chi connectivity index (χ0n) is 39.8. The molecule has 1 heterocycles. The van der Waals surface area contributed by atoms with Gasteiger partial charge in [0, 0.05) is 29.5 Å². The van der Waals surface area contributed by atoms with Crippen LogP contribution >= 0.6 is 8.60 Å². The predicted octanol–water partition coefficient (Wildman–Crippen LogP) is 16.9. The van der Waals surface area contributed by atoms with Crippen LogP contribution in [-0.4, -0.2) is 0 Å². The molecule has 62 heavy (non-hydrogen) atoms. The van der Waals surface area contributed by atoms with Gasteiger partial charge in [-0.15, -0.1) is 0 Å². The van der Waals surface area contributed by atoms with E-state index in [2.05, 4.69) is 110 Å². The second kappa shape index (κ2) is 17.6. The van der Waals surface area contributed by atoms with Crippen LogP contribution in [-0.2, 0) is 34.5 Å². The largest absolute Gasteiger partial charge is 0.530 e. The summed E-state index contributed by atoms with van der Waals surface area (Å²) < 4.78 is 22.9. The van der Waals surface area contributed by atoms with E-state index in [-0.39, 0.29) is 21.7 Å². The zero-order chi connectivity index (χ0) is 43.3. The minimum absolute atomic E-state index is 0.00892. The van der Waals surface area contributed by atoms with Crippen LogP contribution in [0.2, 0.25) is 0 Å². The highest BCUT2D eigenvalue weighted by Crippen LogP contribution is 2.57. The maximum atomic E-state index is 7.73. The van der Waals surface area contributed by atoms with Gasteiger partial charge in [0.25, 0.3) is 0 Å². The molecule has 1 radical (unpaired) electrons. The topological polar surface area (TPSA) is 27.7 Å².